The molecule has 0 saturated heterocycles. The van der Waals surface area contributed by atoms with Crippen LogP contribution in [0, 0.1) is 0 Å². The first-order chi connectivity index (χ1) is 12.7. The maximum absolute atomic E-state index is 12.2. The number of nitrogens with zero attached hydrogens (tertiary/aromatic N) is 2. The number of rotatable bonds is 6. The summed E-state index contributed by atoms with van der Waals surface area (Å²) in [5, 5.41) is 2.91. The number of carbonyl (C=O) groups excluding carboxylic acids is 1. The Morgan fingerprint density at radius 1 is 1.19 bits per heavy atom. The molecule has 1 aliphatic rings. The lowest BCUT2D eigenvalue weighted by molar-refractivity contribution is 0.0953. The molecule has 1 aromatic heterocycles. The van der Waals surface area contributed by atoms with Crippen molar-refractivity contribution in [3.05, 3.63) is 47.2 Å². The molecular formula is C20H25N3O3. The van der Waals surface area contributed by atoms with Crippen molar-refractivity contribution in [3.63, 3.8) is 0 Å². The van der Waals surface area contributed by atoms with E-state index in [-0.39, 0.29) is 5.91 Å². The van der Waals surface area contributed by atoms with Gasteiger partial charge in [0, 0.05) is 31.4 Å². The van der Waals surface area contributed by atoms with E-state index in [1.54, 1.807) is 26.5 Å². The number of pyridine rings is 1. The van der Waals surface area contributed by atoms with Gasteiger partial charge < -0.3 is 19.7 Å². The zero-order valence-electron chi connectivity index (χ0n) is 15.5. The van der Waals surface area contributed by atoms with Gasteiger partial charge in [0.1, 0.15) is 5.82 Å². The van der Waals surface area contributed by atoms with Gasteiger partial charge in [-0.05, 0) is 48.2 Å². The number of ether oxygens (including phenoxy) is 2. The number of benzene rings is 1. The maximum atomic E-state index is 12.2. The molecule has 0 unspecified atom stereocenters. The fraction of sp³-hybridized carbons (Fsp3) is 0.400. The quantitative estimate of drug-likeness (QED) is 0.863. The molecule has 0 saturated carbocycles. The Labute approximate surface area is 154 Å². The Morgan fingerprint density at radius 3 is 2.62 bits per heavy atom. The van der Waals surface area contributed by atoms with Crippen LogP contribution < -0.4 is 19.7 Å². The number of hydrogen-bond acceptors (Lipinski definition) is 5. The second kappa shape index (κ2) is 8.08. The monoisotopic (exact) mass is 355 g/mol. The molecule has 1 aliphatic heterocycles. The average Bonchev–Trinajstić information content (AvgIpc) is 2.70. The van der Waals surface area contributed by atoms with Gasteiger partial charge in [-0.2, -0.15) is 0 Å². The summed E-state index contributed by atoms with van der Waals surface area (Å²) in [6.45, 7) is 4.28. The number of methoxy groups -OCH3 is 2. The van der Waals surface area contributed by atoms with Gasteiger partial charge >= 0.3 is 0 Å². The van der Waals surface area contributed by atoms with Crippen LogP contribution in [-0.4, -0.2) is 38.2 Å². The number of amides is 1. The van der Waals surface area contributed by atoms with Crippen LogP contribution in [0.5, 0.6) is 11.5 Å². The highest BCUT2D eigenvalue weighted by Crippen LogP contribution is 2.34. The first-order valence-electron chi connectivity index (χ1n) is 8.89. The van der Waals surface area contributed by atoms with Gasteiger partial charge in [0.25, 0.3) is 5.91 Å². The van der Waals surface area contributed by atoms with Crippen molar-refractivity contribution in [1.82, 2.24) is 10.3 Å². The first kappa shape index (κ1) is 18.0. The highest BCUT2D eigenvalue weighted by atomic mass is 16.5. The predicted molar refractivity (Wildman–Crippen MR) is 101 cm³/mol. The zero-order valence-corrected chi connectivity index (χ0v) is 15.5. The Kier molecular flexibility index (Phi) is 5.61. The van der Waals surface area contributed by atoms with Gasteiger partial charge in [-0.25, -0.2) is 4.98 Å². The van der Waals surface area contributed by atoms with E-state index in [1.807, 2.05) is 25.1 Å². The average molecular weight is 355 g/mol. The summed E-state index contributed by atoms with van der Waals surface area (Å²) < 4.78 is 10.8. The van der Waals surface area contributed by atoms with E-state index in [4.69, 9.17) is 9.47 Å². The lowest BCUT2D eigenvalue weighted by atomic mass is 9.98. The van der Waals surface area contributed by atoms with Crippen molar-refractivity contribution in [2.75, 3.05) is 32.2 Å². The summed E-state index contributed by atoms with van der Waals surface area (Å²) >= 11 is 0. The molecular weight excluding hydrogens is 330 g/mol. The molecule has 1 amide bonds. The molecule has 0 spiro atoms. The molecule has 0 fully saturated rings. The number of carbonyl (C=O) groups is 1. The number of hydrogen-bond donors (Lipinski definition) is 1. The summed E-state index contributed by atoms with van der Waals surface area (Å²) in [6.07, 6.45) is 3.50. The third-order valence-corrected chi connectivity index (χ3v) is 4.59. The molecule has 0 aliphatic carbocycles. The fourth-order valence-electron chi connectivity index (χ4n) is 3.15. The van der Waals surface area contributed by atoms with E-state index in [0.717, 1.165) is 43.2 Å². The van der Waals surface area contributed by atoms with Crippen LogP contribution in [0.15, 0.2) is 30.5 Å². The Bertz CT molecular complexity index is 792. The highest BCUT2D eigenvalue weighted by molar-refractivity contribution is 5.94. The standard InChI is InChI=1S/C20H25N3O3/c1-4-7-22-20(24)15-5-8-21-19(12-15)23-9-6-14-10-17(25-2)18(26-3)11-16(14)13-23/h5,8,10-12H,4,6-7,9,13H2,1-3H3,(H,22,24). The summed E-state index contributed by atoms with van der Waals surface area (Å²) in [5.74, 6) is 2.25. The van der Waals surface area contributed by atoms with Crippen molar-refractivity contribution in [1.29, 1.82) is 0 Å². The van der Waals surface area contributed by atoms with Gasteiger partial charge in [0.15, 0.2) is 11.5 Å². The number of anilines is 1. The second-order valence-corrected chi connectivity index (χ2v) is 6.31. The van der Waals surface area contributed by atoms with Gasteiger partial charge in [-0.15, -0.1) is 0 Å². The van der Waals surface area contributed by atoms with Crippen LogP contribution >= 0.6 is 0 Å². The molecule has 6 nitrogen and oxygen atoms in total. The minimum absolute atomic E-state index is 0.0562. The lowest BCUT2D eigenvalue weighted by Gasteiger charge is -2.30. The van der Waals surface area contributed by atoms with Crippen LogP contribution in [0.1, 0.15) is 34.8 Å². The summed E-state index contributed by atoms with van der Waals surface area (Å²) in [7, 11) is 3.29. The largest absolute Gasteiger partial charge is 0.493 e. The molecule has 0 bridgehead atoms. The normalized spacial score (nSPS) is 13.1. The van der Waals surface area contributed by atoms with E-state index in [2.05, 4.69) is 15.2 Å². The molecule has 2 heterocycles. The van der Waals surface area contributed by atoms with Crippen LogP contribution in [0.4, 0.5) is 5.82 Å². The lowest BCUT2D eigenvalue weighted by Crippen LogP contribution is -2.31. The maximum Gasteiger partial charge on any atom is 0.251 e. The van der Waals surface area contributed by atoms with Crippen molar-refractivity contribution < 1.29 is 14.3 Å². The summed E-state index contributed by atoms with van der Waals surface area (Å²) in [6, 6.07) is 7.68. The molecule has 1 aromatic carbocycles. The number of fused-ring (bicyclic) bond motifs is 1. The number of aromatic nitrogens is 1. The topological polar surface area (TPSA) is 63.7 Å². The SMILES string of the molecule is CCCNC(=O)c1ccnc(N2CCc3cc(OC)c(OC)cc3C2)c1. The number of nitrogens with one attached hydrogen (secondary N) is 1. The molecule has 0 atom stereocenters. The van der Waals surface area contributed by atoms with E-state index in [9.17, 15) is 4.79 Å². The second-order valence-electron chi connectivity index (χ2n) is 6.31. The van der Waals surface area contributed by atoms with Crippen LogP contribution in [0.2, 0.25) is 0 Å². The summed E-state index contributed by atoms with van der Waals surface area (Å²) in [5.41, 5.74) is 3.09. The minimum atomic E-state index is -0.0562. The Balaban J connectivity index is 1.81. The van der Waals surface area contributed by atoms with Gasteiger partial charge in [-0.3, -0.25) is 4.79 Å². The van der Waals surface area contributed by atoms with Crippen LogP contribution in [0.3, 0.4) is 0 Å². The van der Waals surface area contributed by atoms with Crippen LogP contribution in [0.25, 0.3) is 0 Å². The molecule has 1 N–H and O–H groups in total. The third kappa shape index (κ3) is 3.74. The van der Waals surface area contributed by atoms with E-state index >= 15 is 0 Å². The summed E-state index contributed by atoms with van der Waals surface area (Å²) in [4.78, 5) is 18.9. The van der Waals surface area contributed by atoms with Gasteiger partial charge in [0.05, 0.1) is 14.2 Å². The third-order valence-electron chi connectivity index (χ3n) is 4.59. The highest BCUT2D eigenvalue weighted by Gasteiger charge is 2.21. The van der Waals surface area contributed by atoms with E-state index in [0.29, 0.717) is 12.1 Å². The molecule has 3 rings (SSSR count). The Hall–Kier alpha value is -2.76. The van der Waals surface area contributed by atoms with E-state index < -0.39 is 0 Å². The van der Waals surface area contributed by atoms with Crippen LogP contribution in [-0.2, 0) is 13.0 Å². The van der Waals surface area contributed by atoms with Gasteiger partial charge in [-0.1, -0.05) is 6.92 Å². The van der Waals surface area contributed by atoms with Crippen molar-refractivity contribution in [3.8, 4) is 11.5 Å². The van der Waals surface area contributed by atoms with Crippen molar-refractivity contribution in [2.45, 2.75) is 26.3 Å². The van der Waals surface area contributed by atoms with Crippen molar-refractivity contribution in [2.24, 2.45) is 0 Å². The van der Waals surface area contributed by atoms with Gasteiger partial charge in [0.2, 0.25) is 0 Å². The van der Waals surface area contributed by atoms with Crippen molar-refractivity contribution >= 4 is 11.7 Å². The fourth-order valence-corrected chi connectivity index (χ4v) is 3.15. The molecule has 26 heavy (non-hydrogen) atoms. The predicted octanol–water partition coefficient (Wildman–Crippen LogP) is 2.80. The molecule has 6 heteroatoms. The molecule has 0 radical (unpaired) electrons. The minimum Gasteiger partial charge on any atom is -0.493 e. The molecule has 2 aromatic rings. The first-order valence-corrected chi connectivity index (χ1v) is 8.89. The Morgan fingerprint density at radius 2 is 1.92 bits per heavy atom. The molecule has 138 valence electrons. The smallest absolute Gasteiger partial charge is 0.251 e. The zero-order chi connectivity index (χ0) is 18.5. The van der Waals surface area contributed by atoms with E-state index in [1.165, 1.54) is 11.1 Å².